The molecule has 0 aliphatic heterocycles. The van der Waals surface area contributed by atoms with Gasteiger partial charge in [-0.05, 0) is 18.5 Å². The van der Waals surface area contributed by atoms with Crippen molar-refractivity contribution in [2.45, 2.75) is 13.0 Å². The van der Waals surface area contributed by atoms with Gasteiger partial charge < -0.3 is 16.2 Å². The molecule has 1 aromatic rings. The van der Waals surface area contributed by atoms with Crippen LogP contribution in [-0.4, -0.2) is 33.6 Å². The Morgan fingerprint density at radius 3 is 2.93 bits per heavy atom. The molecule has 1 unspecified atom stereocenters. The molecule has 0 bridgehead atoms. The molecule has 1 aromatic heterocycles. The van der Waals surface area contributed by atoms with Gasteiger partial charge in [-0.1, -0.05) is 0 Å². The first kappa shape index (κ1) is 11.7. The Balaban J connectivity index is 2.61. The molecule has 1 rings (SSSR count). The third-order valence-corrected chi connectivity index (χ3v) is 1.80. The molecule has 0 radical (unpaired) electrons. The Bertz CT molecular complexity index is 351. The van der Waals surface area contributed by atoms with Gasteiger partial charge in [-0.3, -0.25) is 4.79 Å². The number of carbonyl (C=O) groups excluding carboxylic acids is 1. The lowest BCUT2D eigenvalue weighted by molar-refractivity contribution is -0.125. The highest BCUT2D eigenvalue weighted by molar-refractivity contribution is 6.28. The summed E-state index contributed by atoms with van der Waals surface area (Å²) in [4.78, 5) is 18.2. The van der Waals surface area contributed by atoms with Crippen molar-refractivity contribution in [3.63, 3.8) is 0 Å². The summed E-state index contributed by atoms with van der Waals surface area (Å²) in [6.45, 7) is 1.74. The Morgan fingerprint density at radius 2 is 2.40 bits per heavy atom. The van der Waals surface area contributed by atoms with Gasteiger partial charge in [-0.2, -0.15) is 0 Å². The van der Waals surface area contributed by atoms with E-state index in [1.165, 1.54) is 0 Å². The van der Waals surface area contributed by atoms with Crippen LogP contribution in [-0.2, 0) is 4.79 Å². The summed E-state index contributed by atoms with van der Waals surface area (Å²) in [6.07, 6.45) is -1.25. The minimum atomic E-state index is -1.25. The lowest BCUT2D eigenvalue weighted by Crippen LogP contribution is -2.34. The topological polar surface area (TPSA) is 101 Å². The molecule has 6 nitrogen and oxygen atoms in total. The Kier molecular flexibility index (Phi) is 3.81. The molecule has 0 spiro atoms. The minimum Gasteiger partial charge on any atom is -0.381 e. The number of hydrogen-bond acceptors (Lipinski definition) is 5. The van der Waals surface area contributed by atoms with Gasteiger partial charge in [0.2, 0.25) is 11.2 Å². The summed E-state index contributed by atoms with van der Waals surface area (Å²) in [7, 11) is 0. The molecule has 0 aromatic carbocycles. The van der Waals surface area contributed by atoms with Crippen LogP contribution in [0.1, 0.15) is 5.69 Å². The van der Waals surface area contributed by atoms with Gasteiger partial charge in [0.05, 0.1) is 6.54 Å². The highest BCUT2D eigenvalue weighted by Gasteiger charge is 2.10. The molecular weight excluding hydrogens is 220 g/mol. The first-order valence-corrected chi connectivity index (χ1v) is 4.59. The highest BCUT2D eigenvalue weighted by Crippen LogP contribution is 2.09. The van der Waals surface area contributed by atoms with Crippen molar-refractivity contribution in [3.8, 4) is 0 Å². The van der Waals surface area contributed by atoms with E-state index in [-0.39, 0.29) is 11.8 Å². The van der Waals surface area contributed by atoms with Crippen LogP contribution in [0.15, 0.2) is 6.07 Å². The van der Waals surface area contributed by atoms with E-state index in [4.69, 9.17) is 22.4 Å². The van der Waals surface area contributed by atoms with Crippen molar-refractivity contribution in [1.82, 2.24) is 9.97 Å². The van der Waals surface area contributed by atoms with Gasteiger partial charge in [0.25, 0.3) is 0 Å². The molecule has 0 aliphatic rings. The fourth-order valence-corrected chi connectivity index (χ4v) is 1.15. The molecule has 4 N–H and O–H groups in total. The molecule has 1 heterocycles. The van der Waals surface area contributed by atoms with Crippen LogP contribution >= 0.6 is 11.6 Å². The highest BCUT2D eigenvalue weighted by atomic mass is 35.5. The summed E-state index contributed by atoms with van der Waals surface area (Å²) >= 11 is 5.61. The molecule has 0 saturated carbocycles. The number of anilines is 1. The minimum absolute atomic E-state index is 0.0118. The van der Waals surface area contributed by atoms with Gasteiger partial charge in [0.15, 0.2) is 0 Å². The number of halogens is 1. The predicted molar refractivity (Wildman–Crippen MR) is 55.5 cm³/mol. The van der Waals surface area contributed by atoms with Crippen molar-refractivity contribution in [1.29, 1.82) is 0 Å². The quantitative estimate of drug-likeness (QED) is 0.617. The number of aliphatic hydroxyl groups excluding tert-OH is 1. The van der Waals surface area contributed by atoms with E-state index < -0.39 is 12.0 Å². The van der Waals surface area contributed by atoms with Gasteiger partial charge in [0, 0.05) is 11.8 Å². The van der Waals surface area contributed by atoms with Crippen molar-refractivity contribution in [2.24, 2.45) is 5.73 Å². The summed E-state index contributed by atoms with van der Waals surface area (Å²) in [5.74, 6) is -0.354. The van der Waals surface area contributed by atoms with E-state index in [2.05, 4.69) is 15.3 Å². The number of aromatic nitrogens is 2. The zero-order valence-electron chi connectivity index (χ0n) is 8.07. The Labute approximate surface area is 91.5 Å². The number of carbonyl (C=O) groups is 1. The molecule has 1 amide bonds. The number of hydrogen-bond donors (Lipinski definition) is 3. The number of nitrogens with zero attached hydrogens (tertiary/aromatic N) is 2. The number of aryl methyl sites for hydroxylation is 1. The van der Waals surface area contributed by atoms with Crippen LogP contribution in [0.4, 0.5) is 5.82 Å². The van der Waals surface area contributed by atoms with Gasteiger partial charge >= 0.3 is 0 Å². The normalized spacial score (nSPS) is 12.2. The lowest BCUT2D eigenvalue weighted by atomic mass is 10.3. The number of nitrogens with two attached hydrogens (primary N) is 1. The second-order valence-corrected chi connectivity index (χ2v) is 3.30. The molecule has 0 aliphatic carbocycles. The predicted octanol–water partition coefficient (Wildman–Crippen LogP) is -0.303. The van der Waals surface area contributed by atoms with E-state index in [9.17, 15) is 4.79 Å². The fourth-order valence-electron chi connectivity index (χ4n) is 0.925. The first-order chi connectivity index (χ1) is 6.99. The zero-order chi connectivity index (χ0) is 11.4. The molecule has 15 heavy (non-hydrogen) atoms. The smallest absolute Gasteiger partial charge is 0.248 e. The van der Waals surface area contributed by atoms with E-state index >= 15 is 0 Å². The summed E-state index contributed by atoms with van der Waals surface area (Å²) in [5.41, 5.74) is 5.56. The van der Waals surface area contributed by atoms with Crippen molar-refractivity contribution in [3.05, 3.63) is 17.0 Å². The van der Waals surface area contributed by atoms with Crippen molar-refractivity contribution in [2.75, 3.05) is 11.9 Å². The SMILES string of the molecule is Cc1cc(NCC(O)C(N)=O)nc(Cl)n1. The number of primary amides is 1. The lowest BCUT2D eigenvalue weighted by Gasteiger charge is -2.09. The van der Waals surface area contributed by atoms with Gasteiger partial charge in [0.1, 0.15) is 11.9 Å². The third-order valence-electron chi connectivity index (χ3n) is 1.63. The first-order valence-electron chi connectivity index (χ1n) is 4.21. The van der Waals surface area contributed by atoms with E-state index in [1.807, 2.05) is 0 Å². The molecular formula is C8H11ClN4O2. The van der Waals surface area contributed by atoms with Crippen LogP contribution in [0.3, 0.4) is 0 Å². The molecule has 1 atom stereocenters. The maximum absolute atomic E-state index is 10.5. The van der Waals surface area contributed by atoms with Crippen LogP contribution in [0, 0.1) is 6.92 Å². The van der Waals surface area contributed by atoms with Gasteiger partial charge in [-0.25, -0.2) is 9.97 Å². The maximum atomic E-state index is 10.5. The van der Waals surface area contributed by atoms with Crippen LogP contribution in [0.5, 0.6) is 0 Å². The van der Waals surface area contributed by atoms with Crippen LogP contribution in [0.2, 0.25) is 5.28 Å². The van der Waals surface area contributed by atoms with Crippen LogP contribution < -0.4 is 11.1 Å². The second kappa shape index (κ2) is 4.90. The summed E-state index contributed by atoms with van der Waals surface area (Å²) in [6, 6.07) is 1.64. The largest absolute Gasteiger partial charge is 0.381 e. The summed E-state index contributed by atoms with van der Waals surface area (Å²) < 4.78 is 0. The Hall–Kier alpha value is -1.40. The third kappa shape index (κ3) is 3.69. The fraction of sp³-hybridized carbons (Fsp3) is 0.375. The average Bonchev–Trinajstić information content (AvgIpc) is 2.12. The molecule has 0 saturated heterocycles. The zero-order valence-corrected chi connectivity index (χ0v) is 8.82. The Morgan fingerprint density at radius 1 is 1.73 bits per heavy atom. The van der Waals surface area contributed by atoms with E-state index in [0.29, 0.717) is 11.5 Å². The monoisotopic (exact) mass is 230 g/mol. The number of nitrogens with one attached hydrogen (secondary N) is 1. The van der Waals surface area contributed by atoms with Gasteiger partial charge in [-0.15, -0.1) is 0 Å². The summed E-state index contributed by atoms with van der Waals surface area (Å²) in [5, 5.41) is 11.9. The van der Waals surface area contributed by atoms with Crippen LogP contribution in [0.25, 0.3) is 0 Å². The molecule has 0 fully saturated rings. The maximum Gasteiger partial charge on any atom is 0.248 e. The van der Waals surface area contributed by atoms with E-state index in [1.54, 1.807) is 13.0 Å². The van der Waals surface area contributed by atoms with Crippen molar-refractivity contribution >= 4 is 23.3 Å². The second-order valence-electron chi connectivity index (χ2n) is 2.96. The number of amides is 1. The number of aliphatic hydroxyl groups is 1. The molecule has 82 valence electrons. The molecule has 7 heteroatoms. The van der Waals surface area contributed by atoms with E-state index in [0.717, 1.165) is 0 Å². The average molecular weight is 231 g/mol. The standard InChI is InChI=1S/C8H11ClN4O2/c1-4-2-6(13-8(9)12-4)11-3-5(14)7(10)15/h2,5,14H,3H2,1H3,(H2,10,15)(H,11,12,13). The number of rotatable bonds is 4. The van der Waals surface area contributed by atoms with Crippen molar-refractivity contribution < 1.29 is 9.90 Å².